The molecular formula is C12H19ClN4. The molecule has 1 saturated heterocycles. The summed E-state index contributed by atoms with van der Waals surface area (Å²) in [6.45, 7) is 6.84. The van der Waals surface area contributed by atoms with Crippen molar-refractivity contribution < 1.29 is 0 Å². The minimum atomic E-state index is 0.481. The Morgan fingerprint density at radius 1 is 1.41 bits per heavy atom. The Hall–Kier alpha value is -0.870. The lowest BCUT2D eigenvalue weighted by atomic mass is 10.1. The lowest BCUT2D eigenvalue weighted by molar-refractivity contribution is 0.294. The van der Waals surface area contributed by atoms with E-state index in [0.29, 0.717) is 11.1 Å². The Morgan fingerprint density at radius 3 is 2.88 bits per heavy atom. The molecule has 0 bridgehead atoms. The number of anilines is 1. The molecule has 1 unspecified atom stereocenters. The molecule has 1 fully saturated rings. The maximum absolute atomic E-state index is 5.80. The van der Waals surface area contributed by atoms with Crippen molar-refractivity contribution in [3.8, 4) is 0 Å². The molecule has 2 rings (SSSR count). The highest BCUT2D eigenvalue weighted by Crippen LogP contribution is 2.12. The molecule has 0 amide bonds. The van der Waals surface area contributed by atoms with Crippen molar-refractivity contribution in [1.29, 1.82) is 0 Å². The van der Waals surface area contributed by atoms with Gasteiger partial charge in [0.05, 0.1) is 0 Å². The van der Waals surface area contributed by atoms with Crippen molar-refractivity contribution in [2.24, 2.45) is 5.92 Å². The molecule has 1 atom stereocenters. The number of likely N-dealkylation sites (tertiary alicyclic amines) is 1. The molecule has 1 aliphatic rings. The van der Waals surface area contributed by atoms with E-state index in [1.165, 1.54) is 32.3 Å². The molecule has 5 heteroatoms. The van der Waals surface area contributed by atoms with Gasteiger partial charge in [-0.1, -0.05) is 18.5 Å². The van der Waals surface area contributed by atoms with Crippen LogP contribution in [0.25, 0.3) is 0 Å². The molecule has 0 spiro atoms. The number of nitrogens with one attached hydrogen (secondary N) is 1. The zero-order valence-corrected chi connectivity index (χ0v) is 11.0. The maximum Gasteiger partial charge on any atom is 0.134 e. The predicted octanol–water partition coefficient (Wildman–Crippen LogP) is 2.27. The molecule has 17 heavy (non-hydrogen) atoms. The first kappa shape index (κ1) is 12.6. The lowest BCUT2D eigenvalue weighted by Crippen LogP contribution is -2.29. The summed E-state index contributed by atoms with van der Waals surface area (Å²) in [7, 11) is 0. The second-order valence-corrected chi connectivity index (χ2v) is 5.11. The summed E-state index contributed by atoms with van der Waals surface area (Å²) >= 11 is 5.80. The van der Waals surface area contributed by atoms with Gasteiger partial charge in [-0.25, -0.2) is 9.97 Å². The van der Waals surface area contributed by atoms with E-state index in [2.05, 4.69) is 27.1 Å². The van der Waals surface area contributed by atoms with E-state index in [1.54, 1.807) is 6.07 Å². The van der Waals surface area contributed by atoms with Crippen molar-refractivity contribution in [2.75, 3.05) is 31.5 Å². The van der Waals surface area contributed by atoms with Gasteiger partial charge in [0.25, 0.3) is 0 Å². The molecule has 0 saturated carbocycles. The van der Waals surface area contributed by atoms with Gasteiger partial charge in [0.15, 0.2) is 0 Å². The van der Waals surface area contributed by atoms with Crippen LogP contribution in [0.3, 0.4) is 0 Å². The standard InChI is InChI=1S/C12H19ClN4/c1-10(8-17-4-2-3-5-17)7-14-12-6-11(13)15-9-16-12/h6,9-10H,2-5,7-8H2,1H3,(H,14,15,16). The number of hydrogen-bond acceptors (Lipinski definition) is 4. The Bertz CT molecular complexity index is 352. The van der Waals surface area contributed by atoms with Crippen molar-refractivity contribution in [2.45, 2.75) is 19.8 Å². The maximum atomic E-state index is 5.80. The second-order valence-electron chi connectivity index (χ2n) is 4.72. The van der Waals surface area contributed by atoms with E-state index >= 15 is 0 Å². The third kappa shape index (κ3) is 4.13. The summed E-state index contributed by atoms with van der Waals surface area (Å²) in [6, 6.07) is 1.75. The zero-order chi connectivity index (χ0) is 12.1. The molecule has 0 aromatic carbocycles. The minimum absolute atomic E-state index is 0.481. The SMILES string of the molecule is CC(CNc1cc(Cl)ncn1)CN1CCCC1. The third-order valence-electron chi connectivity index (χ3n) is 3.03. The molecule has 1 aromatic rings. The van der Waals surface area contributed by atoms with Crippen LogP contribution in [-0.2, 0) is 0 Å². The first-order valence-electron chi connectivity index (χ1n) is 6.18. The molecule has 0 aliphatic carbocycles. The van der Waals surface area contributed by atoms with Gasteiger partial charge in [-0.15, -0.1) is 0 Å². The smallest absolute Gasteiger partial charge is 0.134 e. The number of hydrogen-bond donors (Lipinski definition) is 1. The molecule has 0 radical (unpaired) electrons. The van der Waals surface area contributed by atoms with Gasteiger partial charge in [-0.05, 0) is 31.8 Å². The number of rotatable bonds is 5. The van der Waals surface area contributed by atoms with E-state index in [-0.39, 0.29) is 0 Å². The van der Waals surface area contributed by atoms with Gasteiger partial charge in [-0.3, -0.25) is 0 Å². The fraction of sp³-hybridized carbons (Fsp3) is 0.667. The molecular weight excluding hydrogens is 236 g/mol. The van der Waals surface area contributed by atoms with Gasteiger partial charge in [0.1, 0.15) is 17.3 Å². The molecule has 1 N–H and O–H groups in total. The first-order chi connectivity index (χ1) is 8.24. The van der Waals surface area contributed by atoms with Crippen LogP contribution in [0.2, 0.25) is 5.15 Å². The quantitative estimate of drug-likeness (QED) is 0.819. The summed E-state index contributed by atoms with van der Waals surface area (Å²) in [6.07, 6.45) is 4.18. The zero-order valence-electron chi connectivity index (χ0n) is 10.2. The summed E-state index contributed by atoms with van der Waals surface area (Å²) in [5.41, 5.74) is 0. The number of aromatic nitrogens is 2. The number of nitrogens with zero attached hydrogens (tertiary/aromatic N) is 3. The van der Waals surface area contributed by atoms with Gasteiger partial charge >= 0.3 is 0 Å². The van der Waals surface area contributed by atoms with E-state index in [0.717, 1.165) is 18.9 Å². The Kier molecular flexibility index (Phi) is 4.57. The van der Waals surface area contributed by atoms with Crippen LogP contribution in [0.4, 0.5) is 5.82 Å². The van der Waals surface area contributed by atoms with Crippen LogP contribution in [0.15, 0.2) is 12.4 Å². The minimum Gasteiger partial charge on any atom is -0.370 e. The molecule has 4 nitrogen and oxygen atoms in total. The second kappa shape index (κ2) is 6.17. The average Bonchev–Trinajstić information content (AvgIpc) is 2.79. The summed E-state index contributed by atoms with van der Waals surface area (Å²) < 4.78 is 0. The van der Waals surface area contributed by atoms with Gasteiger partial charge in [0, 0.05) is 19.2 Å². The monoisotopic (exact) mass is 254 g/mol. The number of halogens is 1. The van der Waals surface area contributed by atoms with E-state index in [4.69, 9.17) is 11.6 Å². The van der Waals surface area contributed by atoms with Crippen LogP contribution in [-0.4, -0.2) is 41.0 Å². The van der Waals surface area contributed by atoms with Crippen LogP contribution >= 0.6 is 11.6 Å². The van der Waals surface area contributed by atoms with E-state index < -0.39 is 0 Å². The van der Waals surface area contributed by atoms with Crippen LogP contribution < -0.4 is 5.32 Å². The molecule has 94 valence electrons. The molecule has 2 heterocycles. The fourth-order valence-electron chi connectivity index (χ4n) is 2.18. The molecule has 1 aromatic heterocycles. The normalized spacial score (nSPS) is 18.2. The van der Waals surface area contributed by atoms with Crippen molar-refractivity contribution in [3.05, 3.63) is 17.5 Å². The summed E-state index contributed by atoms with van der Waals surface area (Å²) in [5, 5.41) is 3.78. The Morgan fingerprint density at radius 2 is 2.18 bits per heavy atom. The third-order valence-corrected chi connectivity index (χ3v) is 3.24. The highest BCUT2D eigenvalue weighted by atomic mass is 35.5. The van der Waals surface area contributed by atoms with Crippen molar-refractivity contribution >= 4 is 17.4 Å². The predicted molar refractivity (Wildman–Crippen MR) is 70.4 cm³/mol. The topological polar surface area (TPSA) is 41.1 Å². The highest BCUT2D eigenvalue weighted by Gasteiger charge is 2.14. The first-order valence-corrected chi connectivity index (χ1v) is 6.55. The van der Waals surface area contributed by atoms with Gasteiger partial charge in [-0.2, -0.15) is 0 Å². The highest BCUT2D eigenvalue weighted by molar-refractivity contribution is 6.29. The van der Waals surface area contributed by atoms with E-state index in [1.807, 2.05) is 0 Å². The van der Waals surface area contributed by atoms with Crippen LogP contribution in [0.5, 0.6) is 0 Å². The summed E-state index contributed by atoms with van der Waals surface area (Å²) in [4.78, 5) is 10.5. The van der Waals surface area contributed by atoms with Crippen LogP contribution in [0, 0.1) is 5.92 Å². The lowest BCUT2D eigenvalue weighted by Gasteiger charge is -2.20. The van der Waals surface area contributed by atoms with E-state index in [9.17, 15) is 0 Å². The summed E-state index contributed by atoms with van der Waals surface area (Å²) in [5.74, 6) is 1.42. The Labute approximate surface area is 107 Å². The van der Waals surface area contributed by atoms with Crippen LogP contribution in [0.1, 0.15) is 19.8 Å². The Balaban J connectivity index is 1.73. The van der Waals surface area contributed by atoms with Crippen molar-refractivity contribution in [3.63, 3.8) is 0 Å². The fourth-order valence-corrected chi connectivity index (χ4v) is 2.33. The van der Waals surface area contributed by atoms with Crippen molar-refractivity contribution in [1.82, 2.24) is 14.9 Å². The molecule has 1 aliphatic heterocycles. The largest absolute Gasteiger partial charge is 0.370 e. The average molecular weight is 255 g/mol. The van der Waals surface area contributed by atoms with Gasteiger partial charge < -0.3 is 10.2 Å². The van der Waals surface area contributed by atoms with Gasteiger partial charge in [0.2, 0.25) is 0 Å².